The third-order valence-electron chi connectivity index (χ3n) is 4.74. The van der Waals surface area contributed by atoms with E-state index in [1.54, 1.807) is 6.92 Å². The molecule has 2 heterocycles. The summed E-state index contributed by atoms with van der Waals surface area (Å²) >= 11 is 0. The van der Waals surface area contributed by atoms with Crippen LogP contribution in [0.25, 0.3) is 11.1 Å². The predicted octanol–water partition coefficient (Wildman–Crippen LogP) is 3.18. The Kier molecular flexibility index (Phi) is 4.79. The number of phenols is 1. The molecular weight excluding hydrogens is 347 g/mol. The topological polar surface area (TPSA) is 67.2 Å². The molecule has 1 aromatic heterocycles. The van der Waals surface area contributed by atoms with Gasteiger partial charge in [0.2, 0.25) is 0 Å². The van der Waals surface area contributed by atoms with Crippen molar-refractivity contribution in [3.05, 3.63) is 45.6 Å². The highest BCUT2D eigenvalue weighted by Crippen LogP contribution is 2.38. The van der Waals surface area contributed by atoms with Gasteiger partial charge < -0.3 is 10.4 Å². The molecule has 140 valence electrons. The molecule has 0 aliphatic carbocycles. The number of aromatic hydroxyl groups is 1. The van der Waals surface area contributed by atoms with Crippen LogP contribution in [0, 0.1) is 13.8 Å². The molecule has 2 N–H and O–H groups in total. The minimum atomic E-state index is -4.57. The number of nitrogens with one attached hydrogen (secondary N) is 1. The van der Waals surface area contributed by atoms with E-state index in [-0.39, 0.29) is 28.3 Å². The van der Waals surface area contributed by atoms with Crippen molar-refractivity contribution in [2.75, 3.05) is 13.1 Å². The first-order valence-corrected chi connectivity index (χ1v) is 8.39. The number of rotatable bonds is 2. The second kappa shape index (κ2) is 6.75. The van der Waals surface area contributed by atoms with Crippen LogP contribution in [-0.4, -0.2) is 27.7 Å². The summed E-state index contributed by atoms with van der Waals surface area (Å²) in [5, 5.41) is 13.5. The SMILES string of the molecule is Cc1cc(C(F)(F)F)cc(O)c1-c1c(C)ncn([C@@H]2CCCNC2)c1=O. The molecule has 5 nitrogen and oxygen atoms in total. The predicted molar refractivity (Wildman–Crippen MR) is 91.2 cm³/mol. The molecule has 0 saturated carbocycles. The average Bonchev–Trinajstić information content (AvgIpc) is 2.57. The normalized spacial score (nSPS) is 18.1. The lowest BCUT2D eigenvalue weighted by Gasteiger charge is -2.25. The van der Waals surface area contributed by atoms with Crippen LogP contribution < -0.4 is 10.9 Å². The zero-order chi connectivity index (χ0) is 19.1. The number of alkyl halides is 3. The molecule has 2 aromatic rings. The highest BCUT2D eigenvalue weighted by molar-refractivity contribution is 5.75. The van der Waals surface area contributed by atoms with E-state index >= 15 is 0 Å². The number of hydrogen-bond acceptors (Lipinski definition) is 4. The van der Waals surface area contributed by atoms with Crippen LogP contribution in [-0.2, 0) is 6.18 Å². The molecule has 3 rings (SSSR count). The van der Waals surface area contributed by atoms with Crippen molar-refractivity contribution in [1.82, 2.24) is 14.9 Å². The maximum absolute atomic E-state index is 13.0. The Balaban J connectivity index is 2.17. The van der Waals surface area contributed by atoms with Gasteiger partial charge in [-0.05, 0) is 50.9 Å². The molecule has 1 aliphatic rings. The smallest absolute Gasteiger partial charge is 0.416 e. The zero-order valence-corrected chi connectivity index (χ0v) is 14.5. The first-order chi connectivity index (χ1) is 12.2. The molecule has 1 aromatic carbocycles. The lowest BCUT2D eigenvalue weighted by atomic mass is 9.96. The number of aryl methyl sites for hydroxylation is 2. The van der Waals surface area contributed by atoms with Crippen LogP contribution in [0.15, 0.2) is 23.3 Å². The summed E-state index contributed by atoms with van der Waals surface area (Å²) in [5.41, 5.74) is -0.515. The van der Waals surface area contributed by atoms with E-state index < -0.39 is 17.5 Å². The van der Waals surface area contributed by atoms with Gasteiger partial charge in [-0.2, -0.15) is 13.2 Å². The molecule has 1 saturated heterocycles. The fourth-order valence-corrected chi connectivity index (χ4v) is 3.43. The maximum Gasteiger partial charge on any atom is 0.416 e. The summed E-state index contributed by atoms with van der Waals surface area (Å²) in [6, 6.07) is 1.52. The van der Waals surface area contributed by atoms with Gasteiger partial charge in [-0.15, -0.1) is 0 Å². The van der Waals surface area contributed by atoms with Crippen molar-refractivity contribution in [3.8, 4) is 16.9 Å². The molecule has 1 aliphatic heterocycles. The van der Waals surface area contributed by atoms with E-state index in [0.717, 1.165) is 25.5 Å². The molecule has 26 heavy (non-hydrogen) atoms. The van der Waals surface area contributed by atoms with Crippen molar-refractivity contribution >= 4 is 0 Å². The van der Waals surface area contributed by atoms with Gasteiger partial charge >= 0.3 is 6.18 Å². The summed E-state index contributed by atoms with van der Waals surface area (Å²) < 4.78 is 40.4. The largest absolute Gasteiger partial charge is 0.507 e. The van der Waals surface area contributed by atoms with Gasteiger partial charge in [-0.25, -0.2) is 4.98 Å². The number of phenolic OH excluding ortho intramolecular Hbond substituents is 1. The Morgan fingerprint density at radius 3 is 2.58 bits per heavy atom. The number of nitrogens with zero attached hydrogens (tertiary/aromatic N) is 2. The Labute approximate surface area is 148 Å². The van der Waals surface area contributed by atoms with Crippen LogP contribution in [0.5, 0.6) is 5.75 Å². The van der Waals surface area contributed by atoms with Crippen LogP contribution in [0.4, 0.5) is 13.2 Å². The Morgan fingerprint density at radius 1 is 1.27 bits per heavy atom. The van der Waals surface area contributed by atoms with Crippen molar-refractivity contribution in [3.63, 3.8) is 0 Å². The number of piperidine rings is 1. The fraction of sp³-hybridized carbons (Fsp3) is 0.444. The summed E-state index contributed by atoms with van der Waals surface area (Å²) in [7, 11) is 0. The quantitative estimate of drug-likeness (QED) is 0.856. The van der Waals surface area contributed by atoms with E-state index in [4.69, 9.17) is 0 Å². The van der Waals surface area contributed by atoms with E-state index in [1.165, 1.54) is 17.8 Å². The molecule has 0 bridgehead atoms. The van der Waals surface area contributed by atoms with Gasteiger partial charge in [-0.1, -0.05) is 0 Å². The number of halogens is 3. The summed E-state index contributed by atoms with van der Waals surface area (Å²) in [6.07, 6.45) is -1.37. The third kappa shape index (κ3) is 3.33. The van der Waals surface area contributed by atoms with Gasteiger partial charge in [0, 0.05) is 12.1 Å². The number of aromatic nitrogens is 2. The monoisotopic (exact) mass is 367 g/mol. The molecule has 8 heteroatoms. The van der Waals surface area contributed by atoms with E-state index in [0.29, 0.717) is 18.3 Å². The van der Waals surface area contributed by atoms with Gasteiger partial charge in [0.15, 0.2) is 0 Å². The second-order valence-electron chi connectivity index (χ2n) is 6.60. The van der Waals surface area contributed by atoms with Gasteiger partial charge in [0.25, 0.3) is 5.56 Å². The average molecular weight is 367 g/mol. The standard InChI is InChI=1S/C18H20F3N3O2/c1-10-6-12(18(19,20)21)7-14(25)15(10)16-11(2)23-9-24(17(16)26)13-4-3-5-22-8-13/h6-7,9,13,22,25H,3-5,8H2,1-2H3/t13-/m1/s1. The second-order valence-corrected chi connectivity index (χ2v) is 6.60. The lowest BCUT2D eigenvalue weighted by Crippen LogP contribution is -2.37. The zero-order valence-electron chi connectivity index (χ0n) is 14.5. The Morgan fingerprint density at radius 2 is 2.00 bits per heavy atom. The molecule has 0 amide bonds. The first-order valence-electron chi connectivity index (χ1n) is 8.39. The van der Waals surface area contributed by atoms with Crippen LogP contribution >= 0.6 is 0 Å². The molecule has 0 unspecified atom stereocenters. The van der Waals surface area contributed by atoms with E-state index in [1.807, 2.05) is 0 Å². The molecule has 0 radical (unpaired) electrons. The third-order valence-corrected chi connectivity index (χ3v) is 4.74. The Hall–Kier alpha value is -2.35. The fourth-order valence-electron chi connectivity index (χ4n) is 3.43. The van der Waals surface area contributed by atoms with Crippen LogP contribution in [0.2, 0.25) is 0 Å². The van der Waals surface area contributed by atoms with Crippen molar-refractivity contribution < 1.29 is 18.3 Å². The summed E-state index contributed by atoms with van der Waals surface area (Å²) in [5.74, 6) is -0.571. The highest BCUT2D eigenvalue weighted by Gasteiger charge is 2.32. The van der Waals surface area contributed by atoms with Crippen LogP contribution in [0.3, 0.4) is 0 Å². The van der Waals surface area contributed by atoms with Crippen molar-refractivity contribution in [1.29, 1.82) is 0 Å². The lowest BCUT2D eigenvalue weighted by molar-refractivity contribution is -0.137. The highest BCUT2D eigenvalue weighted by atomic mass is 19.4. The van der Waals surface area contributed by atoms with E-state index in [2.05, 4.69) is 10.3 Å². The Bertz CT molecular complexity index is 861. The molecule has 1 atom stereocenters. The number of hydrogen-bond donors (Lipinski definition) is 2. The number of benzene rings is 1. The molecule has 0 spiro atoms. The van der Waals surface area contributed by atoms with Gasteiger partial charge in [0.05, 0.1) is 29.2 Å². The molecular formula is C18H20F3N3O2. The summed E-state index contributed by atoms with van der Waals surface area (Å²) in [4.78, 5) is 17.3. The van der Waals surface area contributed by atoms with Crippen LogP contribution in [0.1, 0.15) is 35.7 Å². The van der Waals surface area contributed by atoms with E-state index in [9.17, 15) is 23.1 Å². The van der Waals surface area contributed by atoms with Gasteiger partial charge in [-0.3, -0.25) is 9.36 Å². The van der Waals surface area contributed by atoms with Gasteiger partial charge in [0.1, 0.15) is 5.75 Å². The first kappa shape index (κ1) is 18.4. The molecule has 1 fully saturated rings. The minimum Gasteiger partial charge on any atom is -0.507 e. The van der Waals surface area contributed by atoms with Crippen molar-refractivity contribution in [2.45, 2.75) is 38.9 Å². The minimum absolute atomic E-state index is 0.0694. The maximum atomic E-state index is 13.0. The summed E-state index contributed by atoms with van der Waals surface area (Å²) in [6.45, 7) is 4.57. The van der Waals surface area contributed by atoms with Crippen molar-refractivity contribution in [2.24, 2.45) is 0 Å².